The Morgan fingerprint density at radius 1 is 1.56 bits per heavy atom. The second-order valence-electron chi connectivity index (χ2n) is 1.96. The van der Waals surface area contributed by atoms with Crippen LogP contribution in [0.5, 0.6) is 0 Å². The van der Waals surface area contributed by atoms with Gasteiger partial charge in [0.25, 0.3) is 0 Å². The summed E-state index contributed by atoms with van der Waals surface area (Å²) in [5.41, 5.74) is 0. The van der Waals surface area contributed by atoms with Crippen LogP contribution in [0, 0.1) is 0 Å². The predicted octanol–water partition coefficient (Wildman–Crippen LogP) is 1.38. The third-order valence-corrected chi connectivity index (χ3v) is 1.22. The average molecular weight is 158 g/mol. The third kappa shape index (κ3) is 11.6. The molecular formula is C4H12FO3P. The second-order valence-corrected chi connectivity index (χ2v) is 3.77. The van der Waals surface area contributed by atoms with E-state index in [1.54, 1.807) is 13.8 Å². The van der Waals surface area contributed by atoms with E-state index in [2.05, 4.69) is 4.52 Å². The Bertz CT molecular complexity index is 108. The fourth-order valence-electron chi connectivity index (χ4n) is 0.391. The molecule has 0 radical (unpaired) electrons. The summed E-state index contributed by atoms with van der Waals surface area (Å²) >= 11 is 0. The molecule has 3 nitrogen and oxygen atoms in total. The summed E-state index contributed by atoms with van der Waals surface area (Å²) in [6, 6.07) is 0. The Kier molecular flexibility index (Phi) is 5.24. The smallest absolute Gasteiger partial charge is 0.324 e. The molecule has 5 heteroatoms. The van der Waals surface area contributed by atoms with Gasteiger partial charge in [0.1, 0.15) is 0 Å². The minimum absolute atomic E-state index is 0. The zero-order chi connectivity index (χ0) is 6.78. The predicted molar refractivity (Wildman–Crippen MR) is 34.5 cm³/mol. The normalized spacial score (nSPS) is 16.6. The molecule has 58 valence electrons. The molecule has 0 rings (SSSR count). The molecule has 0 aliphatic rings. The van der Waals surface area contributed by atoms with E-state index in [1.807, 2.05) is 0 Å². The lowest BCUT2D eigenvalue weighted by Crippen LogP contribution is -1.98. The topological polar surface area (TPSA) is 46.5 Å². The van der Waals surface area contributed by atoms with Crippen molar-refractivity contribution < 1.29 is 18.7 Å². The zero-order valence-electron chi connectivity index (χ0n) is 5.70. The monoisotopic (exact) mass is 158 g/mol. The van der Waals surface area contributed by atoms with E-state index in [4.69, 9.17) is 4.89 Å². The molecule has 0 aromatic rings. The molecule has 0 aromatic heterocycles. The Morgan fingerprint density at radius 3 is 1.89 bits per heavy atom. The first-order valence-corrected chi connectivity index (χ1v) is 4.43. The summed E-state index contributed by atoms with van der Waals surface area (Å²) in [5.74, 6) is 0. The summed E-state index contributed by atoms with van der Waals surface area (Å²) in [7, 11) is -3.22. The van der Waals surface area contributed by atoms with Gasteiger partial charge in [-0.2, -0.15) is 0 Å². The van der Waals surface area contributed by atoms with Crippen LogP contribution in [0.4, 0.5) is 4.70 Å². The molecule has 1 atom stereocenters. The van der Waals surface area contributed by atoms with Gasteiger partial charge in [0.05, 0.1) is 6.10 Å². The van der Waals surface area contributed by atoms with E-state index >= 15 is 0 Å². The lowest BCUT2D eigenvalue weighted by atomic mass is 10.5. The molecule has 0 heterocycles. The molecule has 1 N–H and O–H groups in total. The van der Waals surface area contributed by atoms with Crippen LogP contribution in [0.3, 0.4) is 0 Å². The van der Waals surface area contributed by atoms with Gasteiger partial charge in [-0.25, -0.2) is 0 Å². The fraction of sp³-hybridized carbons (Fsp3) is 1.00. The number of rotatable bonds is 2. The van der Waals surface area contributed by atoms with Crippen molar-refractivity contribution in [3.63, 3.8) is 0 Å². The van der Waals surface area contributed by atoms with Gasteiger partial charge in [-0.05, 0) is 13.8 Å². The SMILES string of the molecule is CC(C)OP(C)(=O)O.F. The van der Waals surface area contributed by atoms with Crippen molar-refractivity contribution in [2.75, 3.05) is 6.66 Å². The van der Waals surface area contributed by atoms with E-state index in [0.29, 0.717) is 0 Å². The van der Waals surface area contributed by atoms with Gasteiger partial charge in [0.15, 0.2) is 0 Å². The molecule has 9 heavy (non-hydrogen) atoms. The van der Waals surface area contributed by atoms with E-state index in [-0.39, 0.29) is 10.8 Å². The van der Waals surface area contributed by atoms with Crippen molar-refractivity contribution in [2.45, 2.75) is 20.0 Å². The Morgan fingerprint density at radius 2 is 1.89 bits per heavy atom. The minimum Gasteiger partial charge on any atom is -0.324 e. The van der Waals surface area contributed by atoms with E-state index < -0.39 is 7.60 Å². The molecule has 0 spiro atoms. The van der Waals surface area contributed by atoms with Crippen LogP contribution in [-0.2, 0) is 9.09 Å². The zero-order valence-corrected chi connectivity index (χ0v) is 6.59. The average Bonchev–Trinajstić information content (AvgIpc) is 1.21. The van der Waals surface area contributed by atoms with Gasteiger partial charge in [0.2, 0.25) is 0 Å². The Hall–Kier alpha value is 0.0800. The van der Waals surface area contributed by atoms with Crippen molar-refractivity contribution in [3.05, 3.63) is 0 Å². The van der Waals surface area contributed by atoms with Gasteiger partial charge in [-0.3, -0.25) is 9.27 Å². The Balaban J connectivity index is 0. The van der Waals surface area contributed by atoms with E-state index in [0.717, 1.165) is 0 Å². The summed E-state index contributed by atoms with van der Waals surface area (Å²) < 4.78 is 14.9. The molecule has 0 aliphatic heterocycles. The number of hydrogen-bond acceptors (Lipinski definition) is 2. The van der Waals surface area contributed by atoms with Crippen LogP contribution >= 0.6 is 7.60 Å². The maximum absolute atomic E-state index is 10.4. The molecule has 0 fully saturated rings. The molecule has 0 aromatic carbocycles. The molecule has 0 bridgehead atoms. The highest BCUT2D eigenvalue weighted by atomic mass is 31.2. The van der Waals surface area contributed by atoms with Crippen LogP contribution in [0.2, 0.25) is 0 Å². The van der Waals surface area contributed by atoms with Crippen molar-refractivity contribution in [3.8, 4) is 0 Å². The van der Waals surface area contributed by atoms with Gasteiger partial charge in [-0.1, -0.05) is 0 Å². The van der Waals surface area contributed by atoms with Crippen molar-refractivity contribution in [1.82, 2.24) is 0 Å². The van der Waals surface area contributed by atoms with Crippen LogP contribution in [-0.4, -0.2) is 17.7 Å². The highest BCUT2D eigenvalue weighted by Crippen LogP contribution is 2.37. The van der Waals surface area contributed by atoms with Crippen LogP contribution < -0.4 is 0 Å². The van der Waals surface area contributed by atoms with Crippen molar-refractivity contribution in [2.24, 2.45) is 0 Å². The molecule has 0 amide bonds. The van der Waals surface area contributed by atoms with Gasteiger partial charge in [0, 0.05) is 6.66 Å². The molecule has 0 aliphatic carbocycles. The first-order chi connectivity index (χ1) is 3.42. The molecule has 1 unspecified atom stereocenters. The van der Waals surface area contributed by atoms with Crippen LogP contribution in [0.15, 0.2) is 0 Å². The molecular weight excluding hydrogens is 146 g/mol. The molecule has 0 saturated carbocycles. The fourth-order valence-corrected chi connectivity index (χ4v) is 1.17. The van der Waals surface area contributed by atoms with Gasteiger partial charge in [-0.15, -0.1) is 0 Å². The first-order valence-electron chi connectivity index (χ1n) is 2.40. The molecule has 0 saturated heterocycles. The number of halogens is 1. The quantitative estimate of drug-likeness (QED) is 0.617. The van der Waals surface area contributed by atoms with Crippen molar-refractivity contribution in [1.29, 1.82) is 0 Å². The van der Waals surface area contributed by atoms with Crippen LogP contribution in [0.25, 0.3) is 0 Å². The lowest BCUT2D eigenvalue weighted by Gasteiger charge is -2.08. The maximum Gasteiger partial charge on any atom is 0.325 e. The van der Waals surface area contributed by atoms with Gasteiger partial charge >= 0.3 is 7.60 Å². The summed E-state index contributed by atoms with van der Waals surface area (Å²) in [6.45, 7) is 4.60. The lowest BCUT2D eigenvalue weighted by molar-refractivity contribution is 0.209. The highest BCUT2D eigenvalue weighted by molar-refractivity contribution is 7.51. The maximum atomic E-state index is 10.4. The summed E-state index contributed by atoms with van der Waals surface area (Å²) in [4.78, 5) is 8.52. The summed E-state index contributed by atoms with van der Waals surface area (Å²) in [5, 5.41) is 0. The number of hydrogen-bond donors (Lipinski definition) is 1. The minimum atomic E-state index is -3.22. The van der Waals surface area contributed by atoms with Gasteiger partial charge < -0.3 is 9.42 Å². The van der Waals surface area contributed by atoms with Crippen molar-refractivity contribution >= 4 is 7.60 Å². The third-order valence-electron chi connectivity index (χ3n) is 0.406. The summed E-state index contributed by atoms with van der Waals surface area (Å²) in [6.07, 6.45) is -0.171. The Labute approximate surface area is 53.9 Å². The van der Waals surface area contributed by atoms with Crippen LogP contribution in [0.1, 0.15) is 13.8 Å². The first kappa shape index (κ1) is 11.8. The second kappa shape index (κ2) is 3.99. The van der Waals surface area contributed by atoms with E-state index in [1.165, 1.54) is 6.66 Å². The van der Waals surface area contributed by atoms with E-state index in [9.17, 15) is 4.57 Å². The standard InChI is InChI=1S/C4H11O3P.FH/c1-4(2)7-8(3,5)6;/h4H,1-3H3,(H,5,6);1H. The highest BCUT2D eigenvalue weighted by Gasteiger charge is 2.10. The largest absolute Gasteiger partial charge is 0.325 e.